The van der Waals surface area contributed by atoms with Gasteiger partial charge in [-0.3, -0.25) is 0 Å². The Kier molecular flexibility index (Phi) is 2.79. The first-order valence-electron chi connectivity index (χ1n) is 7.04. The molecule has 0 amide bonds. The first-order valence-corrected chi connectivity index (χ1v) is 7.42. The lowest BCUT2D eigenvalue weighted by atomic mass is 10.0. The molecule has 21 heavy (non-hydrogen) atoms. The van der Waals surface area contributed by atoms with Crippen LogP contribution in [0.5, 0.6) is 0 Å². The van der Waals surface area contributed by atoms with Crippen LogP contribution in [-0.4, -0.2) is 0 Å². The van der Waals surface area contributed by atoms with Gasteiger partial charge >= 0.3 is 0 Å². The van der Waals surface area contributed by atoms with E-state index < -0.39 is 0 Å². The van der Waals surface area contributed by atoms with Gasteiger partial charge in [-0.1, -0.05) is 54.1 Å². The number of hydrogen-bond acceptors (Lipinski definition) is 2. The normalized spacial score (nSPS) is 13.8. The van der Waals surface area contributed by atoms with E-state index in [2.05, 4.69) is 53.1 Å². The highest BCUT2D eigenvalue weighted by Crippen LogP contribution is 2.39. The molecule has 0 bridgehead atoms. The molecule has 0 saturated heterocycles. The first-order chi connectivity index (χ1) is 10.2. The molecule has 2 nitrogen and oxygen atoms in total. The van der Waals surface area contributed by atoms with E-state index in [4.69, 9.17) is 11.6 Å². The average Bonchev–Trinajstić information content (AvgIpc) is 2.50. The molecule has 1 aliphatic rings. The van der Waals surface area contributed by atoms with Crippen molar-refractivity contribution in [2.45, 2.75) is 13.1 Å². The SMILES string of the molecule is Cc1cccc(C2Nc3cccc4cccc(c34)N2)c1Cl. The minimum absolute atomic E-state index is 0.0158. The number of nitrogens with one attached hydrogen (secondary N) is 2. The summed E-state index contributed by atoms with van der Waals surface area (Å²) in [6.07, 6.45) is -0.0158. The molecule has 3 aromatic carbocycles. The summed E-state index contributed by atoms with van der Waals surface area (Å²) < 4.78 is 0. The molecule has 1 heterocycles. The molecule has 0 unspecified atom stereocenters. The largest absolute Gasteiger partial charge is 0.361 e. The van der Waals surface area contributed by atoms with Gasteiger partial charge in [-0.05, 0) is 30.0 Å². The van der Waals surface area contributed by atoms with Crippen LogP contribution in [0, 0.1) is 6.92 Å². The van der Waals surface area contributed by atoms with Crippen LogP contribution >= 0.6 is 11.6 Å². The van der Waals surface area contributed by atoms with E-state index >= 15 is 0 Å². The molecular weight excluding hydrogens is 280 g/mol. The standard InChI is InChI=1S/C18H15ClN2/c1-11-5-2-8-13(17(11)19)18-20-14-9-3-6-12-7-4-10-15(21-18)16(12)14/h2-10,18,20-21H,1H3. The number of hydrogen-bond donors (Lipinski definition) is 2. The van der Waals surface area contributed by atoms with Crippen LogP contribution in [0.4, 0.5) is 11.4 Å². The molecule has 0 saturated carbocycles. The molecule has 1 aliphatic heterocycles. The van der Waals surface area contributed by atoms with E-state index in [0.29, 0.717) is 0 Å². The summed E-state index contributed by atoms with van der Waals surface area (Å²) in [4.78, 5) is 0. The minimum Gasteiger partial charge on any atom is -0.361 e. The van der Waals surface area contributed by atoms with Crippen LogP contribution in [0.2, 0.25) is 5.02 Å². The van der Waals surface area contributed by atoms with E-state index in [0.717, 1.165) is 27.5 Å². The molecule has 0 fully saturated rings. The molecule has 0 aromatic heterocycles. The molecule has 0 atom stereocenters. The summed E-state index contributed by atoms with van der Waals surface area (Å²) in [6.45, 7) is 2.03. The Morgan fingerprint density at radius 2 is 1.48 bits per heavy atom. The van der Waals surface area contributed by atoms with Gasteiger partial charge < -0.3 is 10.6 Å². The molecule has 0 aliphatic carbocycles. The number of rotatable bonds is 1. The second-order valence-corrected chi connectivity index (χ2v) is 5.79. The lowest BCUT2D eigenvalue weighted by Crippen LogP contribution is -2.24. The number of anilines is 2. The van der Waals surface area contributed by atoms with Crippen LogP contribution in [0.15, 0.2) is 54.6 Å². The molecule has 3 heteroatoms. The highest BCUT2D eigenvalue weighted by atomic mass is 35.5. The van der Waals surface area contributed by atoms with Gasteiger partial charge in [0.25, 0.3) is 0 Å². The van der Waals surface area contributed by atoms with Crippen LogP contribution < -0.4 is 10.6 Å². The predicted octanol–water partition coefficient (Wildman–Crippen LogP) is 5.34. The molecular formula is C18H15ClN2. The quantitative estimate of drug-likeness (QED) is 0.633. The van der Waals surface area contributed by atoms with Crippen molar-refractivity contribution in [2.24, 2.45) is 0 Å². The first kappa shape index (κ1) is 12.5. The predicted molar refractivity (Wildman–Crippen MR) is 90.1 cm³/mol. The summed E-state index contributed by atoms with van der Waals surface area (Å²) >= 11 is 6.48. The fourth-order valence-corrected chi connectivity index (χ4v) is 3.21. The Balaban J connectivity index is 1.85. The van der Waals surface area contributed by atoms with Gasteiger partial charge in [-0.2, -0.15) is 0 Å². The fourth-order valence-electron chi connectivity index (χ4n) is 2.98. The van der Waals surface area contributed by atoms with Crippen molar-refractivity contribution in [3.8, 4) is 0 Å². The van der Waals surface area contributed by atoms with Crippen LogP contribution in [0.25, 0.3) is 10.8 Å². The maximum Gasteiger partial charge on any atom is 0.125 e. The molecule has 3 aromatic rings. The Morgan fingerprint density at radius 1 is 0.857 bits per heavy atom. The minimum atomic E-state index is -0.0158. The second kappa shape index (κ2) is 4.68. The zero-order valence-electron chi connectivity index (χ0n) is 11.7. The summed E-state index contributed by atoms with van der Waals surface area (Å²) in [5, 5.41) is 10.4. The lowest BCUT2D eigenvalue weighted by Gasteiger charge is -2.30. The van der Waals surface area contributed by atoms with Crippen LogP contribution in [-0.2, 0) is 0 Å². The summed E-state index contributed by atoms with van der Waals surface area (Å²) in [6, 6.07) is 18.8. The third kappa shape index (κ3) is 1.95. The lowest BCUT2D eigenvalue weighted by molar-refractivity contribution is 0.895. The van der Waals surface area contributed by atoms with E-state index in [9.17, 15) is 0 Å². The van der Waals surface area contributed by atoms with Gasteiger partial charge in [0, 0.05) is 22.3 Å². The molecule has 0 radical (unpaired) electrons. The van der Waals surface area contributed by atoms with E-state index in [-0.39, 0.29) is 6.17 Å². The van der Waals surface area contributed by atoms with Crippen molar-refractivity contribution in [2.75, 3.05) is 10.6 Å². The van der Waals surface area contributed by atoms with Crippen molar-refractivity contribution in [3.63, 3.8) is 0 Å². The van der Waals surface area contributed by atoms with Crippen molar-refractivity contribution in [3.05, 3.63) is 70.7 Å². The third-order valence-corrected chi connectivity index (χ3v) is 4.55. The van der Waals surface area contributed by atoms with Crippen molar-refractivity contribution >= 4 is 33.7 Å². The molecule has 2 N–H and O–H groups in total. The fraction of sp³-hybridized carbons (Fsp3) is 0.111. The van der Waals surface area contributed by atoms with Gasteiger partial charge in [0.15, 0.2) is 0 Å². The number of halogens is 1. The topological polar surface area (TPSA) is 24.1 Å². The average molecular weight is 295 g/mol. The Hall–Kier alpha value is -2.19. The zero-order valence-corrected chi connectivity index (χ0v) is 12.4. The number of aryl methyl sites for hydroxylation is 1. The second-order valence-electron chi connectivity index (χ2n) is 5.41. The van der Waals surface area contributed by atoms with Gasteiger partial charge in [-0.15, -0.1) is 0 Å². The summed E-state index contributed by atoms with van der Waals surface area (Å²) in [5.74, 6) is 0. The van der Waals surface area contributed by atoms with Crippen LogP contribution in [0.3, 0.4) is 0 Å². The number of benzene rings is 3. The van der Waals surface area contributed by atoms with Crippen molar-refractivity contribution in [1.82, 2.24) is 0 Å². The molecule has 0 spiro atoms. The van der Waals surface area contributed by atoms with E-state index in [1.54, 1.807) is 0 Å². The highest BCUT2D eigenvalue weighted by Gasteiger charge is 2.22. The zero-order chi connectivity index (χ0) is 14.4. The summed E-state index contributed by atoms with van der Waals surface area (Å²) in [5.41, 5.74) is 4.45. The maximum absolute atomic E-state index is 6.48. The monoisotopic (exact) mass is 294 g/mol. The maximum atomic E-state index is 6.48. The van der Waals surface area contributed by atoms with E-state index in [1.165, 1.54) is 10.8 Å². The van der Waals surface area contributed by atoms with Crippen LogP contribution in [0.1, 0.15) is 17.3 Å². The van der Waals surface area contributed by atoms with Crippen molar-refractivity contribution < 1.29 is 0 Å². The highest BCUT2D eigenvalue weighted by molar-refractivity contribution is 6.32. The Bertz CT molecular complexity index is 801. The van der Waals surface area contributed by atoms with Gasteiger partial charge in [0.2, 0.25) is 0 Å². The van der Waals surface area contributed by atoms with Gasteiger partial charge in [0.1, 0.15) is 6.17 Å². The van der Waals surface area contributed by atoms with Crippen molar-refractivity contribution in [1.29, 1.82) is 0 Å². The van der Waals surface area contributed by atoms with E-state index in [1.807, 2.05) is 19.1 Å². The molecule has 4 rings (SSSR count). The Morgan fingerprint density at radius 3 is 2.14 bits per heavy atom. The smallest absolute Gasteiger partial charge is 0.125 e. The molecule has 104 valence electrons. The third-order valence-electron chi connectivity index (χ3n) is 4.04. The summed E-state index contributed by atoms with van der Waals surface area (Å²) in [7, 11) is 0. The Labute approximate surface area is 128 Å². The van der Waals surface area contributed by atoms with Gasteiger partial charge in [0.05, 0.1) is 5.02 Å². The van der Waals surface area contributed by atoms with Gasteiger partial charge in [-0.25, -0.2) is 0 Å².